The van der Waals surface area contributed by atoms with Crippen LogP contribution in [0.1, 0.15) is 30.9 Å². The quantitative estimate of drug-likeness (QED) is 0.860. The third-order valence-corrected chi connectivity index (χ3v) is 3.35. The molecule has 4 nitrogen and oxygen atoms in total. The molecule has 0 amide bonds. The van der Waals surface area contributed by atoms with Crippen LogP contribution in [0, 0.1) is 0 Å². The number of methoxy groups -OCH3 is 1. The lowest BCUT2D eigenvalue weighted by atomic mass is 10.00. The lowest BCUT2D eigenvalue weighted by molar-refractivity contribution is 0.370. The number of hydrogen-bond acceptors (Lipinski definition) is 4. The second-order valence-corrected chi connectivity index (χ2v) is 6.85. The maximum absolute atomic E-state index is 11.1. The van der Waals surface area contributed by atoms with E-state index in [1.807, 2.05) is 13.8 Å². The van der Waals surface area contributed by atoms with Crippen molar-refractivity contribution in [3.63, 3.8) is 0 Å². The highest BCUT2D eigenvalue weighted by molar-refractivity contribution is 8.13. The second kappa shape index (κ2) is 5.14. The van der Waals surface area contributed by atoms with Gasteiger partial charge in [-0.3, -0.25) is 0 Å². The van der Waals surface area contributed by atoms with Crippen LogP contribution in [0.25, 0.3) is 0 Å². The molecule has 17 heavy (non-hydrogen) atoms. The highest BCUT2D eigenvalue weighted by Gasteiger charge is 2.17. The van der Waals surface area contributed by atoms with Gasteiger partial charge in [0, 0.05) is 16.2 Å². The monoisotopic (exact) mass is 278 g/mol. The SMILES string of the molecule is COc1c(O)cc(C(C)C)cc1CS(=O)(=O)Cl. The van der Waals surface area contributed by atoms with E-state index in [9.17, 15) is 13.5 Å². The molecule has 1 aromatic rings. The molecule has 0 radical (unpaired) electrons. The maximum Gasteiger partial charge on any atom is 0.236 e. The molecule has 1 N–H and O–H groups in total. The highest BCUT2D eigenvalue weighted by Crippen LogP contribution is 2.35. The topological polar surface area (TPSA) is 63.6 Å². The van der Waals surface area contributed by atoms with Crippen molar-refractivity contribution in [2.24, 2.45) is 0 Å². The molecule has 0 saturated carbocycles. The Hall–Kier alpha value is -0.940. The summed E-state index contributed by atoms with van der Waals surface area (Å²) in [5.41, 5.74) is 1.20. The molecule has 0 atom stereocenters. The fourth-order valence-corrected chi connectivity index (χ4v) is 2.50. The molecule has 1 rings (SSSR count). The molecule has 0 aliphatic carbocycles. The van der Waals surface area contributed by atoms with Crippen LogP contribution in [0.4, 0.5) is 0 Å². The number of ether oxygens (including phenoxy) is 1. The Morgan fingerprint density at radius 1 is 1.41 bits per heavy atom. The molecule has 0 fully saturated rings. The molecule has 6 heteroatoms. The Bertz CT molecular complexity index is 508. The van der Waals surface area contributed by atoms with Crippen molar-refractivity contribution >= 4 is 19.7 Å². The van der Waals surface area contributed by atoms with Crippen LogP contribution in [0.2, 0.25) is 0 Å². The standard InChI is InChI=1S/C11H15ClO4S/c1-7(2)8-4-9(6-17(12,14)15)11(16-3)10(13)5-8/h4-5,7,13H,6H2,1-3H3. The van der Waals surface area contributed by atoms with E-state index >= 15 is 0 Å². The number of halogens is 1. The average molecular weight is 279 g/mol. The summed E-state index contributed by atoms with van der Waals surface area (Å²) >= 11 is 0. The molecule has 0 aliphatic heterocycles. The van der Waals surface area contributed by atoms with Crippen LogP contribution in [-0.4, -0.2) is 20.6 Å². The van der Waals surface area contributed by atoms with Crippen molar-refractivity contribution in [1.29, 1.82) is 0 Å². The third kappa shape index (κ3) is 3.78. The molecule has 0 heterocycles. The molecular formula is C11H15ClO4S. The van der Waals surface area contributed by atoms with Crippen molar-refractivity contribution in [3.05, 3.63) is 23.3 Å². The smallest absolute Gasteiger partial charge is 0.236 e. The van der Waals surface area contributed by atoms with Gasteiger partial charge in [-0.15, -0.1) is 0 Å². The van der Waals surface area contributed by atoms with Crippen molar-refractivity contribution < 1.29 is 18.3 Å². The van der Waals surface area contributed by atoms with Gasteiger partial charge < -0.3 is 9.84 Å². The van der Waals surface area contributed by atoms with E-state index in [4.69, 9.17) is 15.4 Å². The average Bonchev–Trinajstić information content (AvgIpc) is 2.14. The predicted molar refractivity (Wildman–Crippen MR) is 67.2 cm³/mol. The fraction of sp³-hybridized carbons (Fsp3) is 0.455. The largest absolute Gasteiger partial charge is 0.504 e. The van der Waals surface area contributed by atoms with Gasteiger partial charge in [0.1, 0.15) is 0 Å². The molecule has 0 unspecified atom stereocenters. The van der Waals surface area contributed by atoms with Gasteiger partial charge >= 0.3 is 0 Å². The highest BCUT2D eigenvalue weighted by atomic mass is 35.7. The zero-order valence-electron chi connectivity index (χ0n) is 9.90. The van der Waals surface area contributed by atoms with E-state index < -0.39 is 9.05 Å². The summed E-state index contributed by atoms with van der Waals surface area (Å²) in [7, 11) is 2.90. The number of aromatic hydroxyl groups is 1. The molecule has 0 spiro atoms. The van der Waals surface area contributed by atoms with Crippen LogP contribution in [0.3, 0.4) is 0 Å². The number of phenolic OH excluding ortho intramolecular Hbond substituents is 1. The minimum atomic E-state index is -3.69. The minimum Gasteiger partial charge on any atom is -0.504 e. The molecule has 0 saturated heterocycles. The summed E-state index contributed by atoms with van der Waals surface area (Å²) in [4.78, 5) is 0. The summed E-state index contributed by atoms with van der Waals surface area (Å²) in [5, 5.41) is 9.76. The summed E-state index contributed by atoms with van der Waals surface area (Å²) in [6, 6.07) is 3.25. The number of benzene rings is 1. The predicted octanol–water partition coefficient (Wildman–Crippen LogP) is 2.59. The normalized spacial score (nSPS) is 11.8. The Morgan fingerprint density at radius 3 is 2.41 bits per heavy atom. The summed E-state index contributed by atoms with van der Waals surface area (Å²) in [5.74, 6) is -0.123. The lowest BCUT2D eigenvalue weighted by Crippen LogP contribution is -2.01. The van der Waals surface area contributed by atoms with E-state index in [0.29, 0.717) is 5.56 Å². The van der Waals surface area contributed by atoms with Crippen LogP contribution >= 0.6 is 10.7 Å². The van der Waals surface area contributed by atoms with Crippen LogP contribution in [0.15, 0.2) is 12.1 Å². The number of hydrogen-bond donors (Lipinski definition) is 1. The van der Waals surface area contributed by atoms with E-state index in [1.54, 1.807) is 12.1 Å². The molecule has 96 valence electrons. The second-order valence-electron chi connectivity index (χ2n) is 4.07. The van der Waals surface area contributed by atoms with E-state index in [1.165, 1.54) is 7.11 Å². The maximum atomic E-state index is 11.1. The van der Waals surface area contributed by atoms with Gasteiger partial charge in [-0.1, -0.05) is 19.9 Å². The lowest BCUT2D eigenvalue weighted by Gasteiger charge is -2.13. The molecule has 1 aromatic carbocycles. The number of rotatable bonds is 4. The van der Waals surface area contributed by atoms with E-state index in [0.717, 1.165) is 5.56 Å². The Morgan fingerprint density at radius 2 is 2.00 bits per heavy atom. The summed E-state index contributed by atoms with van der Waals surface area (Å²) < 4.78 is 27.2. The van der Waals surface area contributed by atoms with Gasteiger partial charge in [0.25, 0.3) is 0 Å². The number of phenols is 1. The van der Waals surface area contributed by atoms with Crippen LogP contribution in [0.5, 0.6) is 11.5 Å². The van der Waals surface area contributed by atoms with Gasteiger partial charge in [0.05, 0.1) is 12.9 Å². The fourth-order valence-electron chi connectivity index (χ4n) is 1.56. The van der Waals surface area contributed by atoms with Crippen molar-refractivity contribution in [2.75, 3.05) is 7.11 Å². The molecule has 0 bridgehead atoms. The zero-order chi connectivity index (χ0) is 13.2. The molecular weight excluding hydrogens is 264 g/mol. The van der Waals surface area contributed by atoms with Gasteiger partial charge in [-0.05, 0) is 17.5 Å². The summed E-state index contributed by atoms with van der Waals surface area (Å²) in [6.45, 7) is 3.89. The van der Waals surface area contributed by atoms with Crippen molar-refractivity contribution in [3.8, 4) is 11.5 Å². The zero-order valence-corrected chi connectivity index (χ0v) is 11.5. The van der Waals surface area contributed by atoms with Crippen molar-refractivity contribution in [2.45, 2.75) is 25.5 Å². The Labute approximate surface area is 106 Å². The third-order valence-electron chi connectivity index (χ3n) is 2.37. The first kappa shape index (κ1) is 14.1. The first-order valence-corrected chi connectivity index (χ1v) is 7.54. The van der Waals surface area contributed by atoms with E-state index in [2.05, 4.69) is 0 Å². The molecule has 0 aromatic heterocycles. The van der Waals surface area contributed by atoms with Gasteiger partial charge in [0.2, 0.25) is 9.05 Å². The van der Waals surface area contributed by atoms with Crippen LogP contribution in [-0.2, 0) is 14.8 Å². The first-order valence-electron chi connectivity index (χ1n) is 5.06. The first-order chi connectivity index (χ1) is 7.74. The molecule has 0 aliphatic rings. The Balaban J connectivity index is 3.34. The summed E-state index contributed by atoms with van der Waals surface area (Å²) in [6.07, 6.45) is 0. The van der Waals surface area contributed by atoms with Gasteiger partial charge in [0.15, 0.2) is 11.5 Å². The van der Waals surface area contributed by atoms with Crippen molar-refractivity contribution in [1.82, 2.24) is 0 Å². The van der Waals surface area contributed by atoms with E-state index in [-0.39, 0.29) is 23.2 Å². The Kier molecular flexibility index (Phi) is 4.27. The van der Waals surface area contributed by atoms with Gasteiger partial charge in [-0.25, -0.2) is 8.42 Å². The van der Waals surface area contributed by atoms with Gasteiger partial charge in [-0.2, -0.15) is 0 Å². The van der Waals surface area contributed by atoms with Crippen LogP contribution < -0.4 is 4.74 Å². The minimum absolute atomic E-state index is 0.0750.